The van der Waals surface area contributed by atoms with E-state index in [1.165, 1.54) is 15.6 Å². The van der Waals surface area contributed by atoms with Crippen LogP contribution in [0.25, 0.3) is 11.3 Å². The smallest absolute Gasteiger partial charge is 0.266 e. The fourth-order valence-electron chi connectivity index (χ4n) is 1.42. The molecule has 0 radical (unpaired) electrons. The van der Waals surface area contributed by atoms with Crippen molar-refractivity contribution in [1.82, 2.24) is 9.78 Å². The van der Waals surface area contributed by atoms with Crippen LogP contribution >= 0.6 is 11.8 Å². The summed E-state index contributed by atoms with van der Waals surface area (Å²) in [5.41, 5.74) is 1.74. The van der Waals surface area contributed by atoms with Gasteiger partial charge in [0.05, 0.1) is 5.69 Å². The zero-order valence-corrected chi connectivity index (χ0v) is 9.99. The molecule has 16 heavy (non-hydrogen) atoms. The normalized spacial score (nSPS) is 10.4. The first-order chi connectivity index (χ1) is 7.70. The van der Waals surface area contributed by atoms with Crippen LogP contribution in [0.5, 0.6) is 0 Å². The molecule has 2 rings (SSSR count). The molecular formula is C12H12N2OS. The van der Waals surface area contributed by atoms with Crippen LogP contribution in [-0.2, 0) is 7.05 Å². The van der Waals surface area contributed by atoms with Gasteiger partial charge < -0.3 is 0 Å². The van der Waals surface area contributed by atoms with E-state index in [0.717, 1.165) is 11.3 Å². The maximum atomic E-state index is 11.2. The molecule has 2 aromatic rings. The lowest BCUT2D eigenvalue weighted by Crippen LogP contribution is -2.18. The zero-order chi connectivity index (χ0) is 11.5. The summed E-state index contributed by atoms with van der Waals surface area (Å²) in [5.74, 6) is 0. The largest absolute Gasteiger partial charge is 0.268 e. The number of hydrogen-bond donors (Lipinski definition) is 0. The predicted octanol–water partition coefficient (Wildman–Crippen LogP) is 2.17. The Morgan fingerprint density at radius 2 is 1.81 bits per heavy atom. The molecule has 1 aromatic heterocycles. The molecule has 1 aromatic carbocycles. The van der Waals surface area contributed by atoms with E-state index in [-0.39, 0.29) is 5.56 Å². The van der Waals surface area contributed by atoms with Gasteiger partial charge in [0.15, 0.2) is 0 Å². The number of aromatic nitrogens is 2. The molecule has 0 spiro atoms. The highest BCUT2D eigenvalue weighted by Gasteiger charge is 2.00. The van der Waals surface area contributed by atoms with Crippen molar-refractivity contribution >= 4 is 11.8 Å². The minimum Gasteiger partial charge on any atom is -0.268 e. The first-order valence-electron chi connectivity index (χ1n) is 4.89. The highest BCUT2D eigenvalue weighted by atomic mass is 32.2. The predicted molar refractivity (Wildman–Crippen MR) is 66.7 cm³/mol. The summed E-state index contributed by atoms with van der Waals surface area (Å²) in [5, 5.41) is 4.20. The molecule has 0 aliphatic carbocycles. The van der Waals surface area contributed by atoms with Gasteiger partial charge in [-0.25, -0.2) is 4.68 Å². The monoisotopic (exact) mass is 232 g/mol. The van der Waals surface area contributed by atoms with Crippen LogP contribution in [-0.4, -0.2) is 16.0 Å². The van der Waals surface area contributed by atoms with Gasteiger partial charge in [0.25, 0.3) is 5.56 Å². The summed E-state index contributed by atoms with van der Waals surface area (Å²) in [4.78, 5) is 12.4. The van der Waals surface area contributed by atoms with E-state index in [0.29, 0.717) is 0 Å². The average Bonchev–Trinajstić information content (AvgIpc) is 2.33. The third-order valence-corrected chi connectivity index (χ3v) is 3.09. The Morgan fingerprint density at radius 1 is 1.12 bits per heavy atom. The van der Waals surface area contributed by atoms with E-state index in [4.69, 9.17) is 0 Å². The Labute approximate surface area is 98.1 Å². The molecule has 0 unspecified atom stereocenters. The molecule has 0 bridgehead atoms. The second-order valence-electron chi connectivity index (χ2n) is 3.41. The van der Waals surface area contributed by atoms with Crippen molar-refractivity contribution in [3.63, 3.8) is 0 Å². The summed E-state index contributed by atoms with van der Waals surface area (Å²) in [7, 11) is 1.65. The zero-order valence-electron chi connectivity index (χ0n) is 9.18. The van der Waals surface area contributed by atoms with E-state index in [1.54, 1.807) is 24.9 Å². The quantitative estimate of drug-likeness (QED) is 0.744. The summed E-state index contributed by atoms with van der Waals surface area (Å²) in [6.45, 7) is 0. The maximum Gasteiger partial charge on any atom is 0.266 e. The van der Waals surface area contributed by atoms with Crippen LogP contribution in [0.3, 0.4) is 0 Å². The highest BCUT2D eigenvalue weighted by molar-refractivity contribution is 7.98. The van der Waals surface area contributed by atoms with Gasteiger partial charge in [-0.15, -0.1) is 11.8 Å². The second-order valence-corrected chi connectivity index (χ2v) is 4.29. The molecule has 0 saturated heterocycles. The van der Waals surface area contributed by atoms with Crippen molar-refractivity contribution in [2.45, 2.75) is 4.90 Å². The van der Waals surface area contributed by atoms with Gasteiger partial charge in [0, 0.05) is 23.6 Å². The Hall–Kier alpha value is -1.55. The summed E-state index contributed by atoms with van der Waals surface area (Å²) in [6, 6.07) is 11.4. The second kappa shape index (κ2) is 4.53. The van der Waals surface area contributed by atoms with Gasteiger partial charge in [0.1, 0.15) is 0 Å². The topological polar surface area (TPSA) is 34.9 Å². The van der Waals surface area contributed by atoms with Crippen molar-refractivity contribution in [2.75, 3.05) is 6.26 Å². The maximum absolute atomic E-state index is 11.2. The first-order valence-corrected chi connectivity index (χ1v) is 6.12. The average molecular weight is 232 g/mol. The SMILES string of the molecule is CSc1ccc(-c2ccc(=O)n(C)n2)cc1. The molecule has 4 heteroatoms. The fraction of sp³-hybridized carbons (Fsp3) is 0.167. The summed E-state index contributed by atoms with van der Waals surface area (Å²) in [6.07, 6.45) is 2.04. The van der Waals surface area contributed by atoms with Gasteiger partial charge in [-0.3, -0.25) is 4.79 Å². The van der Waals surface area contributed by atoms with Gasteiger partial charge in [-0.05, 0) is 24.5 Å². The Morgan fingerprint density at radius 3 is 2.38 bits per heavy atom. The number of benzene rings is 1. The van der Waals surface area contributed by atoms with Crippen LogP contribution in [0.4, 0.5) is 0 Å². The van der Waals surface area contributed by atoms with E-state index in [1.807, 2.05) is 30.5 Å². The molecule has 82 valence electrons. The van der Waals surface area contributed by atoms with Gasteiger partial charge >= 0.3 is 0 Å². The Kier molecular flexibility index (Phi) is 3.10. The Bertz CT molecular complexity index is 546. The van der Waals surface area contributed by atoms with Crippen LogP contribution in [0.2, 0.25) is 0 Å². The van der Waals surface area contributed by atoms with Crippen molar-refractivity contribution in [2.24, 2.45) is 7.05 Å². The number of aryl methyl sites for hydroxylation is 1. The summed E-state index contributed by atoms with van der Waals surface area (Å²) < 4.78 is 1.35. The van der Waals surface area contributed by atoms with Crippen LogP contribution in [0.1, 0.15) is 0 Å². The molecule has 0 N–H and O–H groups in total. The molecule has 3 nitrogen and oxygen atoms in total. The standard InChI is InChI=1S/C12H12N2OS/c1-14-12(15)8-7-11(13-14)9-3-5-10(16-2)6-4-9/h3-8H,1-2H3. The van der Waals surface area contributed by atoms with Crippen molar-refractivity contribution in [3.8, 4) is 11.3 Å². The van der Waals surface area contributed by atoms with E-state index in [9.17, 15) is 4.79 Å². The lowest BCUT2D eigenvalue weighted by atomic mass is 10.1. The molecule has 0 aliphatic heterocycles. The molecular weight excluding hydrogens is 220 g/mol. The third-order valence-electron chi connectivity index (χ3n) is 2.35. The molecule has 0 saturated carbocycles. The highest BCUT2D eigenvalue weighted by Crippen LogP contribution is 2.20. The first kappa shape index (κ1) is 11.0. The van der Waals surface area contributed by atoms with Gasteiger partial charge in [0.2, 0.25) is 0 Å². The molecule has 0 atom stereocenters. The molecule has 1 heterocycles. The minimum absolute atomic E-state index is 0.0931. The van der Waals surface area contributed by atoms with Crippen molar-refractivity contribution in [1.29, 1.82) is 0 Å². The van der Waals surface area contributed by atoms with E-state index in [2.05, 4.69) is 5.10 Å². The van der Waals surface area contributed by atoms with Gasteiger partial charge in [-0.1, -0.05) is 12.1 Å². The molecule has 0 aliphatic rings. The van der Waals surface area contributed by atoms with Crippen LogP contribution < -0.4 is 5.56 Å². The number of rotatable bonds is 2. The van der Waals surface area contributed by atoms with E-state index >= 15 is 0 Å². The van der Waals surface area contributed by atoms with Crippen LogP contribution in [0.15, 0.2) is 46.1 Å². The lowest BCUT2D eigenvalue weighted by molar-refractivity contribution is 0.712. The van der Waals surface area contributed by atoms with Crippen LogP contribution in [0, 0.1) is 0 Å². The van der Waals surface area contributed by atoms with Crippen molar-refractivity contribution in [3.05, 3.63) is 46.8 Å². The number of nitrogens with zero attached hydrogens (tertiary/aromatic N) is 2. The van der Waals surface area contributed by atoms with Crippen molar-refractivity contribution < 1.29 is 0 Å². The molecule has 0 fully saturated rings. The number of hydrogen-bond acceptors (Lipinski definition) is 3. The fourth-order valence-corrected chi connectivity index (χ4v) is 1.83. The minimum atomic E-state index is -0.0931. The third kappa shape index (κ3) is 2.17. The lowest BCUT2D eigenvalue weighted by Gasteiger charge is -2.03. The Balaban J connectivity index is 2.42. The van der Waals surface area contributed by atoms with Gasteiger partial charge in [-0.2, -0.15) is 5.10 Å². The van der Waals surface area contributed by atoms with E-state index < -0.39 is 0 Å². The molecule has 0 amide bonds. The summed E-state index contributed by atoms with van der Waals surface area (Å²) >= 11 is 1.70. The number of thioether (sulfide) groups is 1.